The molecule has 3 rings (SSSR count). The molecular formula is C26H26BrN5O2. The molecule has 0 saturated carbocycles. The average molecular weight is 520 g/mol. The zero-order valence-electron chi connectivity index (χ0n) is 19.3. The number of aromatic nitrogens is 3. The molecule has 0 radical (unpaired) electrons. The Balaban J connectivity index is 2.29. The smallest absolute Gasteiger partial charge is 0.267 e. The van der Waals surface area contributed by atoms with Crippen molar-refractivity contribution >= 4 is 38.5 Å². The predicted octanol–water partition coefficient (Wildman–Crippen LogP) is 4.86. The highest BCUT2D eigenvalue weighted by atomic mass is 79.9. The number of carbonyl (C=O) groups is 1. The van der Waals surface area contributed by atoms with Crippen LogP contribution >= 0.6 is 15.9 Å². The molecule has 0 atom stereocenters. The van der Waals surface area contributed by atoms with Crippen LogP contribution in [0, 0.1) is 18.3 Å². The highest BCUT2D eigenvalue weighted by Crippen LogP contribution is 2.15. The highest BCUT2D eigenvalue weighted by Gasteiger charge is 2.16. The molecule has 0 spiro atoms. The summed E-state index contributed by atoms with van der Waals surface area (Å²) in [6.45, 7) is 8.07. The monoisotopic (exact) mass is 519 g/mol. The largest absolute Gasteiger partial charge is 0.309 e. The van der Waals surface area contributed by atoms with Gasteiger partial charge < -0.3 is 4.57 Å². The fraction of sp³-hybridized carbons (Fsp3) is 0.269. The average Bonchev–Trinajstić information content (AvgIpc) is 2.81. The Hall–Kier alpha value is -3.57. The van der Waals surface area contributed by atoms with Crippen LogP contribution in [0.2, 0.25) is 0 Å². The van der Waals surface area contributed by atoms with E-state index in [4.69, 9.17) is 4.98 Å². The van der Waals surface area contributed by atoms with E-state index in [1.165, 1.54) is 10.5 Å². The second kappa shape index (κ2) is 11.5. The second-order valence-electron chi connectivity index (χ2n) is 7.81. The zero-order valence-corrected chi connectivity index (χ0v) is 20.9. The van der Waals surface area contributed by atoms with Crippen LogP contribution in [-0.4, -0.2) is 19.9 Å². The molecule has 3 aromatic rings. The standard InChI is InChI=1S/C26H26BrN5O2/c1-4-6-8-12-20(27)16-22(33)29-24-19(17-28)15-21-25(31(24)13-9-7-5-2)30-23-18(3)11-10-14-32(23)26(21)34/h4,6,8,10-12,14-15H,1,5,7,9,13,16H2,2-3H3/b8-6-,20-12+,29-24?. The molecule has 1 amide bonds. The first-order valence-electron chi connectivity index (χ1n) is 11.1. The van der Waals surface area contributed by atoms with Crippen molar-refractivity contribution < 1.29 is 4.79 Å². The molecule has 3 aromatic heterocycles. The maximum atomic E-state index is 13.3. The number of hydrogen-bond donors (Lipinski definition) is 0. The van der Waals surface area contributed by atoms with Gasteiger partial charge in [-0.25, -0.2) is 4.98 Å². The molecule has 7 nitrogen and oxygen atoms in total. The first-order valence-corrected chi connectivity index (χ1v) is 11.9. The summed E-state index contributed by atoms with van der Waals surface area (Å²) in [5.41, 5.74) is 1.93. The van der Waals surface area contributed by atoms with Gasteiger partial charge in [-0.15, -0.1) is 0 Å². The summed E-state index contributed by atoms with van der Waals surface area (Å²) >= 11 is 3.38. The lowest BCUT2D eigenvalue weighted by atomic mass is 10.2. The quantitative estimate of drug-likeness (QED) is 0.241. The molecule has 0 saturated heterocycles. The molecule has 0 N–H and O–H groups in total. The van der Waals surface area contributed by atoms with Crippen LogP contribution in [0.1, 0.15) is 43.7 Å². The lowest BCUT2D eigenvalue weighted by molar-refractivity contribution is -0.117. The molecular weight excluding hydrogens is 494 g/mol. The van der Waals surface area contributed by atoms with Gasteiger partial charge in [0.1, 0.15) is 17.4 Å². The van der Waals surface area contributed by atoms with Gasteiger partial charge in [-0.1, -0.05) is 72.6 Å². The molecule has 0 aromatic carbocycles. The lowest BCUT2D eigenvalue weighted by Gasteiger charge is -2.14. The predicted molar refractivity (Wildman–Crippen MR) is 137 cm³/mol. The van der Waals surface area contributed by atoms with Gasteiger partial charge in [0.2, 0.25) is 0 Å². The van der Waals surface area contributed by atoms with Crippen molar-refractivity contribution in [1.29, 1.82) is 5.26 Å². The van der Waals surface area contributed by atoms with Crippen LogP contribution in [0.5, 0.6) is 0 Å². The third kappa shape index (κ3) is 5.49. The van der Waals surface area contributed by atoms with Crippen molar-refractivity contribution in [3.63, 3.8) is 0 Å². The lowest BCUT2D eigenvalue weighted by Crippen LogP contribution is -2.29. The summed E-state index contributed by atoms with van der Waals surface area (Å²) < 4.78 is 3.87. The summed E-state index contributed by atoms with van der Waals surface area (Å²) in [5, 5.41) is 10.2. The Morgan fingerprint density at radius 3 is 2.82 bits per heavy atom. The molecule has 0 unspecified atom stereocenters. The van der Waals surface area contributed by atoms with Gasteiger partial charge in [0.15, 0.2) is 5.49 Å². The van der Waals surface area contributed by atoms with E-state index in [0.29, 0.717) is 27.7 Å². The molecule has 0 bridgehead atoms. The van der Waals surface area contributed by atoms with Gasteiger partial charge in [0.05, 0.1) is 17.4 Å². The number of hydrogen-bond acceptors (Lipinski definition) is 4. The van der Waals surface area contributed by atoms with Gasteiger partial charge in [-0.05, 0) is 31.0 Å². The van der Waals surface area contributed by atoms with Crippen LogP contribution in [0.15, 0.2) is 69.5 Å². The van der Waals surface area contributed by atoms with Crippen molar-refractivity contribution in [3.8, 4) is 6.07 Å². The maximum absolute atomic E-state index is 13.3. The van der Waals surface area contributed by atoms with E-state index in [-0.39, 0.29) is 23.0 Å². The maximum Gasteiger partial charge on any atom is 0.267 e. The SMILES string of the molecule is C=C/C=C\C=C(\Br)CC(=O)N=c1c(C#N)cc2c(=O)n3cccc(C)c3nc2n1CCCCC. The number of nitriles is 1. The van der Waals surface area contributed by atoms with Crippen molar-refractivity contribution in [3.05, 3.63) is 86.7 Å². The minimum atomic E-state index is -0.413. The molecule has 0 aliphatic carbocycles. The fourth-order valence-corrected chi connectivity index (χ4v) is 4.01. The van der Waals surface area contributed by atoms with Gasteiger partial charge in [0.25, 0.3) is 11.5 Å². The Kier molecular flexibility index (Phi) is 8.50. The molecule has 0 aliphatic heterocycles. The van der Waals surface area contributed by atoms with Crippen molar-refractivity contribution in [1.82, 2.24) is 14.0 Å². The molecule has 3 heterocycles. The van der Waals surface area contributed by atoms with E-state index >= 15 is 0 Å². The minimum Gasteiger partial charge on any atom is -0.309 e. The second-order valence-corrected chi connectivity index (χ2v) is 8.83. The number of aryl methyl sites for hydroxylation is 2. The van der Waals surface area contributed by atoms with Crippen molar-refractivity contribution in [2.24, 2.45) is 4.99 Å². The molecule has 0 fully saturated rings. The van der Waals surface area contributed by atoms with E-state index in [2.05, 4.69) is 40.5 Å². The number of unbranched alkanes of at least 4 members (excludes halogenated alkanes) is 2. The Bertz CT molecular complexity index is 1490. The number of fused-ring (bicyclic) bond motifs is 2. The van der Waals surface area contributed by atoms with E-state index < -0.39 is 5.91 Å². The zero-order chi connectivity index (χ0) is 24.7. The van der Waals surface area contributed by atoms with E-state index in [1.807, 2.05) is 13.0 Å². The van der Waals surface area contributed by atoms with Crippen LogP contribution in [0.4, 0.5) is 0 Å². The Morgan fingerprint density at radius 2 is 2.12 bits per heavy atom. The van der Waals surface area contributed by atoms with Crippen molar-refractivity contribution in [2.45, 2.75) is 46.1 Å². The number of halogens is 1. The summed E-state index contributed by atoms with van der Waals surface area (Å²) in [6, 6.07) is 7.27. The van der Waals surface area contributed by atoms with Gasteiger partial charge in [-0.2, -0.15) is 10.3 Å². The molecule has 8 heteroatoms. The Labute approximate surface area is 206 Å². The topological polar surface area (TPSA) is 92.5 Å². The van der Waals surface area contributed by atoms with Crippen molar-refractivity contribution in [2.75, 3.05) is 0 Å². The first kappa shape index (κ1) is 25.1. The number of amides is 1. The third-order valence-corrected chi connectivity index (χ3v) is 5.83. The number of nitrogens with zero attached hydrogens (tertiary/aromatic N) is 5. The summed E-state index contributed by atoms with van der Waals surface area (Å²) in [7, 11) is 0. The minimum absolute atomic E-state index is 0.0340. The third-order valence-electron chi connectivity index (χ3n) is 5.29. The van der Waals surface area contributed by atoms with Crippen LogP contribution in [0.3, 0.4) is 0 Å². The number of rotatable bonds is 8. The fourth-order valence-electron chi connectivity index (χ4n) is 3.62. The summed E-state index contributed by atoms with van der Waals surface area (Å²) in [4.78, 5) is 35.1. The summed E-state index contributed by atoms with van der Waals surface area (Å²) in [5.74, 6) is -0.413. The highest BCUT2D eigenvalue weighted by molar-refractivity contribution is 9.11. The van der Waals surface area contributed by atoms with Gasteiger partial charge >= 0.3 is 0 Å². The van der Waals surface area contributed by atoms with Crippen LogP contribution in [0.25, 0.3) is 16.7 Å². The Morgan fingerprint density at radius 1 is 1.32 bits per heavy atom. The first-order chi connectivity index (χ1) is 16.4. The van der Waals surface area contributed by atoms with Gasteiger partial charge in [0, 0.05) is 17.2 Å². The summed E-state index contributed by atoms with van der Waals surface area (Å²) in [6.07, 6.45) is 11.3. The van der Waals surface area contributed by atoms with E-state index in [9.17, 15) is 14.9 Å². The van der Waals surface area contributed by atoms with E-state index in [1.54, 1.807) is 41.1 Å². The van der Waals surface area contributed by atoms with Gasteiger partial charge in [-0.3, -0.25) is 14.0 Å². The van der Waals surface area contributed by atoms with E-state index in [0.717, 1.165) is 24.8 Å². The number of carbonyl (C=O) groups excluding carboxylic acids is 1. The van der Waals surface area contributed by atoms with Crippen LogP contribution in [-0.2, 0) is 11.3 Å². The molecule has 34 heavy (non-hydrogen) atoms. The molecule has 0 aliphatic rings. The number of pyridine rings is 2. The number of allylic oxidation sites excluding steroid dienone is 4. The molecule has 174 valence electrons. The van der Waals surface area contributed by atoms with Crippen LogP contribution < -0.4 is 11.0 Å². The normalized spacial score (nSPS) is 12.5.